The van der Waals surface area contributed by atoms with Crippen molar-refractivity contribution in [2.24, 2.45) is 0 Å². The molecule has 5 heteroatoms. The van der Waals surface area contributed by atoms with Gasteiger partial charge in [0.2, 0.25) is 0 Å². The third kappa shape index (κ3) is 4.64. The van der Waals surface area contributed by atoms with Gasteiger partial charge in [0.15, 0.2) is 5.57 Å². The van der Waals surface area contributed by atoms with Crippen LogP contribution in [0.3, 0.4) is 0 Å². The molecule has 0 aliphatic carbocycles. The van der Waals surface area contributed by atoms with Crippen LogP contribution in [0.4, 0.5) is 0 Å². The summed E-state index contributed by atoms with van der Waals surface area (Å²) in [4.78, 5) is 30.1. The van der Waals surface area contributed by atoms with Crippen molar-refractivity contribution in [1.29, 1.82) is 0 Å². The number of carbonyl (C=O) groups excluding carboxylic acids is 2. The second kappa shape index (κ2) is 10.7. The third-order valence-corrected chi connectivity index (χ3v) is 5.45. The number of H-pyrrole nitrogens is 1. The number of esters is 2. The zero-order valence-electron chi connectivity index (χ0n) is 19.3. The van der Waals surface area contributed by atoms with E-state index in [4.69, 9.17) is 9.47 Å². The minimum atomic E-state index is -0.702. The van der Waals surface area contributed by atoms with Crippen LogP contribution in [0.1, 0.15) is 31.4 Å². The van der Waals surface area contributed by atoms with Crippen molar-refractivity contribution in [2.45, 2.75) is 20.3 Å². The molecule has 0 atom stereocenters. The van der Waals surface area contributed by atoms with E-state index < -0.39 is 11.9 Å². The molecule has 0 amide bonds. The molecule has 1 heterocycles. The topological polar surface area (TPSA) is 68.4 Å². The van der Waals surface area contributed by atoms with Crippen molar-refractivity contribution in [3.05, 3.63) is 102 Å². The van der Waals surface area contributed by atoms with Crippen molar-refractivity contribution in [1.82, 2.24) is 4.98 Å². The summed E-state index contributed by atoms with van der Waals surface area (Å²) in [6, 6.07) is 27.1. The largest absolute Gasteiger partial charge is 0.462 e. The monoisotopic (exact) mass is 453 g/mol. The number of rotatable bonds is 8. The molecule has 0 bridgehead atoms. The van der Waals surface area contributed by atoms with E-state index in [1.165, 1.54) is 0 Å². The minimum absolute atomic E-state index is 0.108. The third-order valence-electron chi connectivity index (χ3n) is 5.45. The molecule has 4 aromatic rings. The Morgan fingerprint density at radius 2 is 1.38 bits per heavy atom. The van der Waals surface area contributed by atoms with E-state index in [2.05, 4.69) is 4.98 Å². The molecule has 172 valence electrons. The van der Waals surface area contributed by atoms with Gasteiger partial charge in [0.25, 0.3) is 0 Å². The lowest BCUT2D eigenvalue weighted by Gasteiger charge is -2.16. The predicted molar refractivity (Wildman–Crippen MR) is 134 cm³/mol. The maximum atomic E-state index is 13.3. The van der Waals surface area contributed by atoms with Crippen molar-refractivity contribution in [3.63, 3.8) is 0 Å². The van der Waals surface area contributed by atoms with E-state index in [-0.39, 0.29) is 18.8 Å². The lowest BCUT2D eigenvalue weighted by atomic mass is 9.89. The van der Waals surface area contributed by atoms with Gasteiger partial charge in [-0.15, -0.1) is 0 Å². The molecular weight excluding hydrogens is 426 g/mol. The van der Waals surface area contributed by atoms with Gasteiger partial charge < -0.3 is 14.5 Å². The molecule has 5 nitrogen and oxygen atoms in total. The molecule has 1 N–H and O–H groups in total. The quantitative estimate of drug-likeness (QED) is 0.150. The zero-order chi connectivity index (χ0) is 23.9. The molecule has 34 heavy (non-hydrogen) atoms. The number of ether oxygens (including phenoxy) is 2. The van der Waals surface area contributed by atoms with E-state index in [1.807, 2.05) is 91.9 Å². The number of carbonyl (C=O) groups is 2. The fourth-order valence-corrected chi connectivity index (χ4v) is 4.00. The second-order valence-electron chi connectivity index (χ2n) is 7.76. The van der Waals surface area contributed by atoms with Gasteiger partial charge in [0.1, 0.15) is 0 Å². The molecule has 0 fully saturated rings. The van der Waals surface area contributed by atoms with Crippen molar-refractivity contribution >= 4 is 28.4 Å². The predicted octanol–water partition coefficient (Wildman–Crippen LogP) is 6.15. The number of fused-ring (bicyclic) bond motifs is 1. The van der Waals surface area contributed by atoms with Crippen LogP contribution in [0.15, 0.2) is 90.5 Å². The molecule has 4 rings (SSSR count). The number of nitrogens with one attached hydrogen (secondary N) is 1. The van der Waals surface area contributed by atoms with Crippen LogP contribution in [-0.2, 0) is 19.1 Å². The fraction of sp³-hybridized carbons (Fsp3) is 0.172. The molecule has 0 spiro atoms. The Labute approximate surface area is 199 Å². The van der Waals surface area contributed by atoms with E-state index in [0.717, 1.165) is 33.3 Å². The molecule has 0 aliphatic heterocycles. The summed E-state index contributed by atoms with van der Waals surface area (Å²) in [5, 5.41) is 0.894. The van der Waals surface area contributed by atoms with Crippen LogP contribution < -0.4 is 0 Å². The van der Waals surface area contributed by atoms with Gasteiger partial charge in [-0.2, -0.15) is 0 Å². The van der Waals surface area contributed by atoms with Crippen LogP contribution in [0.2, 0.25) is 0 Å². The average molecular weight is 454 g/mol. The SMILES string of the molecule is CCCOC(=O)/C(C(=O)OCC)=C(/c1ccccc1)c1c(-c2ccccc2)[nH]c2ccccc12. The number of hydrogen-bond donors (Lipinski definition) is 1. The summed E-state index contributed by atoms with van der Waals surface area (Å²) in [5.74, 6) is -1.39. The number of benzene rings is 3. The molecular formula is C29H27NO4. The molecule has 1 aromatic heterocycles. The summed E-state index contributed by atoms with van der Waals surface area (Å²) in [7, 11) is 0. The second-order valence-corrected chi connectivity index (χ2v) is 7.76. The van der Waals surface area contributed by atoms with Crippen molar-refractivity contribution in [3.8, 4) is 11.3 Å². The van der Waals surface area contributed by atoms with Gasteiger partial charge in [0, 0.05) is 22.0 Å². The molecule has 0 unspecified atom stereocenters. The first-order valence-corrected chi connectivity index (χ1v) is 11.5. The first kappa shape index (κ1) is 23.1. The van der Waals surface area contributed by atoms with Gasteiger partial charge in [-0.25, -0.2) is 9.59 Å². The molecule has 0 aliphatic rings. The first-order valence-electron chi connectivity index (χ1n) is 11.5. The van der Waals surface area contributed by atoms with E-state index in [9.17, 15) is 9.59 Å². The summed E-state index contributed by atoms with van der Waals surface area (Å²) in [6.45, 7) is 3.98. The first-order chi connectivity index (χ1) is 16.7. The number of aromatic nitrogens is 1. The highest BCUT2D eigenvalue weighted by atomic mass is 16.6. The summed E-state index contributed by atoms with van der Waals surface area (Å²) in [6.07, 6.45) is 0.644. The Morgan fingerprint density at radius 3 is 2.06 bits per heavy atom. The van der Waals surface area contributed by atoms with Crippen LogP contribution >= 0.6 is 0 Å². The Balaban J connectivity index is 2.12. The van der Waals surface area contributed by atoms with Gasteiger partial charge in [-0.1, -0.05) is 85.8 Å². The maximum absolute atomic E-state index is 13.3. The number of para-hydroxylation sites is 1. The average Bonchev–Trinajstić information content (AvgIpc) is 3.26. The van der Waals surface area contributed by atoms with Gasteiger partial charge in [-0.05, 0) is 30.5 Å². The van der Waals surface area contributed by atoms with E-state index >= 15 is 0 Å². The van der Waals surface area contributed by atoms with Crippen LogP contribution in [0.25, 0.3) is 27.7 Å². The number of aromatic amines is 1. The molecule has 0 saturated carbocycles. The van der Waals surface area contributed by atoms with Crippen molar-refractivity contribution < 1.29 is 19.1 Å². The Bertz CT molecular complexity index is 1320. The standard InChI is InChI=1S/C29H27NO4/c1-3-19-34-29(32)26(28(31)33-4-2)24(20-13-7-5-8-14-20)25-22-17-11-12-18-23(22)30-27(25)21-15-9-6-10-16-21/h5-18,30H,3-4,19H2,1-2H3/b26-24-. The summed E-state index contributed by atoms with van der Waals surface area (Å²) in [5.41, 5.74) is 4.50. The highest BCUT2D eigenvalue weighted by Gasteiger charge is 2.31. The normalized spacial score (nSPS) is 11.7. The fourth-order valence-electron chi connectivity index (χ4n) is 4.00. The molecule has 3 aromatic carbocycles. The highest BCUT2D eigenvalue weighted by Crippen LogP contribution is 2.40. The Kier molecular flexibility index (Phi) is 7.23. The van der Waals surface area contributed by atoms with Gasteiger partial charge in [-0.3, -0.25) is 0 Å². The van der Waals surface area contributed by atoms with Crippen LogP contribution in [0, 0.1) is 0 Å². The van der Waals surface area contributed by atoms with Crippen LogP contribution in [0.5, 0.6) is 0 Å². The lowest BCUT2D eigenvalue weighted by Crippen LogP contribution is -2.21. The van der Waals surface area contributed by atoms with E-state index in [1.54, 1.807) is 6.92 Å². The highest BCUT2D eigenvalue weighted by molar-refractivity contribution is 6.24. The van der Waals surface area contributed by atoms with E-state index in [0.29, 0.717) is 12.0 Å². The smallest absolute Gasteiger partial charge is 0.346 e. The Morgan fingerprint density at radius 1 is 0.765 bits per heavy atom. The van der Waals surface area contributed by atoms with Crippen LogP contribution in [-0.4, -0.2) is 30.1 Å². The molecule has 0 radical (unpaired) electrons. The van der Waals surface area contributed by atoms with Gasteiger partial charge in [0.05, 0.1) is 18.9 Å². The molecule has 0 saturated heterocycles. The maximum Gasteiger partial charge on any atom is 0.346 e. The zero-order valence-corrected chi connectivity index (χ0v) is 19.3. The lowest BCUT2D eigenvalue weighted by molar-refractivity contribution is -0.146. The minimum Gasteiger partial charge on any atom is -0.462 e. The number of hydrogen-bond acceptors (Lipinski definition) is 4. The van der Waals surface area contributed by atoms with Gasteiger partial charge >= 0.3 is 11.9 Å². The summed E-state index contributed by atoms with van der Waals surface area (Å²) >= 11 is 0. The van der Waals surface area contributed by atoms with Crippen molar-refractivity contribution in [2.75, 3.05) is 13.2 Å². The Hall–Kier alpha value is -4.12. The summed E-state index contributed by atoms with van der Waals surface area (Å²) < 4.78 is 10.8.